The molecule has 1 atom stereocenters. The van der Waals surface area contributed by atoms with Gasteiger partial charge in [-0.1, -0.05) is 78.3 Å². The number of esters is 4. The van der Waals surface area contributed by atoms with Crippen LogP contribution in [0.15, 0.2) is 60.9 Å². The average molecular weight is 963 g/mol. The molecule has 14 nitrogen and oxygen atoms in total. The van der Waals surface area contributed by atoms with Gasteiger partial charge >= 0.3 is 36.1 Å². The highest BCUT2D eigenvalue weighted by Gasteiger charge is 2.27. The van der Waals surface area contributed by atoms with Gasteiger partial charge in [-0.15, -0.1) is 0 Å². The number of rotatable bonds is 15. The molecule has 0 aliphatic carbocycles. The Balaban J connectivity index is 0.000000350. The van der Waals surface area contributed by atoms with Crippen molar-refractivity contribution in [3.63, 3.8) is 0 Å². The number of para-hydroxylation sites is 2. The van der Waals surface area contributed by atoms with Crippen LogP contribution in [-0.4, -0.2) is 89.3 Å². The number of halogens is 1. The van der Waals surface area contributed by atoms with Crippen molar-refractivity contribution in [2.75, 3.05) is 32.9 Å². The first-order chi connectivity index (χ1) is 28.8. The number of alkyl halides is 1. The Morgan fingerprint density at radius 3 is 1.52 bits per heavy atom. The lowest BCUT2D eigenvalue weighted by molar-refractivity contribution is -0.156. The molecule has 0 aliphatic heterocycles. The fraction of sp³-hybridized carbons (Fsp3) is 0.522. The van der Waals surface area contributed by atoms with Crippen molar-refractivity contribution < 1.29 is 57.2 Å². The van der Waals surface area contributed by atoms with Crippen LogP contribution in [0.2, 0.25) is 0 Å². The molecule has 0 fully saturated rings. The third kappa shape index (κ3) is 17.9. The third-order valence-corrected chi connectivity index (χ3v) is 9.69. The maximum atomic E-state index is 12.5. The van der Waals surface area contributed by atoms with Crippen LogP contribution in [0, 0.1) is 0 Å². The van der Waals surface area contributed by atoms with Gasteiger partial charge in [0.15, 0.2) is 0 Å². The van der Waals surface area contributed by atoms with E-state index in [0.717, 1.165) is 47.6 Å². The minimum absolute atomic E-state index is 0.0686. The van der Waals surface area contributed by atoms with Crippen molar-refractivity contribution in [2.24, 2.45) is 0 Å². The van der Waals surface area contributed by atoms with Gasteiger partial charge in [0.25, 0.3) is 0 Å². The van der Waals surface area contributed by atoms with Crippen molar-refractivity contribution >= 4 is 80.5 Å². The minimum atomic E-state index is -0.515. The number of methoxy groups -OCH3 is 4. The predicted molar refractivity (Wildman–Crippen MR) is 242 cm³/mol. The predicted octanol–water partition coefficient (Wildman–Crippen LogP) is 10.1. The number of benzene rings is 2. The SMILES string of the molecule is CC(C)(C)OC(=O)CCCCCI.COC(=O)C(CCCCCC(=O)OC(C)(C)C)c1cn(C(=O)OC)c2ccccc12.COC(=O)Cc1cn(C(=O)OC)c2ccccc12. The summed E-state index contributed by atoms with van der Waals surface area (Å²) in [6.07, 6.45) is 9.33. The first-order valence-corrected chi connectivity index (χ1v) is 21.8. The Morgan fingerprint density at radius 1 is 0.574 bits per heavy atom. The van der Waals surface area contributed by atoms with E-state index in [-0.39, 0.29) is 35.9 Å². The average Bonchev–Trinajstić information content (AvgIpc) is 3.78. The van der Waals surface area contributed by atoms with Gasteiger partial charge in [0.05, 0.1) is 51.8 Å². The molecule has 0 N–H and O–H groups in total. The minimum Gasteiger partial charge on any atom is -0.469 e. The quantitative estimate of drug-likeness (QED) is 0.0364. The van der Waals surface area contributed by atoms with Crippen LogP contribution < -0.4 is 0 Å². The van der Waals surface area contributed by atoms with Crippen LogP contribution in [0.5, 0.6) is 0 Å². The second-order valence-corrected chi connectivity index (χ2v) is 17.1. The molecule has 0 aliphatic rings. The molecule has 0 radical (unpaired) electrons. The highest BCUT2D eigenvalue weighted by Crippen LogP contribution is 2.32. The molecule has 0 bridgehead atoms. The van der Waals surface area contributed by atoms with Crippen molar-refractivity contribution in [1.82, 2.24) is 9.13 Å². The standard InChI is InChI=1S/C23H31NO6.C13H13NO4.C10H19IO2/c1-23(2,3)30-20(25)14-8-6-7-12-17(21(26)28-4)18-15-24(22(27)29-5)19-13-10-9-11-16(18)19;1-17-12(15)7-9-8-14(13(16)18-2)11-6-4-3-5-10(9)11;1-10(2,3)13-9(12)7-5-4-6-8-11/h9-11,13,15,17H,6-8,12,14H2,1-5H3;3-6,8H,7H2,1-2H3;4-8H2,1-3H3. The maximum Gasteiger partial charge on any atom is 0.418 e. The number of hydrogen-bond acceptors (Lipinski definition) is 12. The first-order valence-electron chi connectivity index (χ1n) is 20.3. The molecule has 4 rings (SSSR count). The van der Waals surface area contributed by atoms with Gasteiger partial charge in [0.2, 0.25) is 0 Å². The van der Waals surface area contributed by atoms with Crippen LogP contribution in [0.4, 0.5) is 9.59 Å². The molecule has 61 heavy (non-hydrogen) atoms. The molecule has 1 unspecified atom stereocenters. The van der Waals surface area contributed by atoms with E-state index in [0.29, 0.717) is 36.7 Å². The lowest BCUT2D eigenvalue weighted by Crippen LogP contribution is -2.23. The van der Waals surface area contributed by atoms with E-state index >= 15 is 0 Å². The molecule has 2 aromatic heterocycles. The molecule has 4 aromatic rings. The van der Waals surface area contributed by atoms with Crippen molar-refractivity contribution in [3.8, 4) is 0 Å². The summed E-state index contributed by atoms with van der Waals surface area (Å²) in [7, 11) is 5.33. The largest absolute Gasteiger partial charge is 0.469 e. The summed E-state index contributed by atoms with van der Waals surface area (Å²) in [5, 5.41) is 1.65. The number of carbonyl (C=O) groups excluding carboxylic acids is 6. The number of aromatic nitrogens is 2. The lowest BCUT2D eigenvalue weighted by Gasteiger charge is -2.19. The molecule has 0 saturated heterocycles. The van der Waals surface area contributed by atoms with Crippen LogP contribution in [0.1, 0.15) is 116 Å². The highest BCUT2D eigenvalue weighted by molar-refractivity contribution is 14.1. The summed E-state index contributed by atoms with van der Waals surface area (Å²) in [4.78, 5) is 70.6. The van der Waals surface area contributed by atoms with E-state index in [1.165, 1.54) is 48.4 Å². The van der Waals surface area contributed by atoms with Crippen LogP contribution in [0.25, 0.3) is 21.8 Å². The molecule has 2 aromatic carbocycles. The van der Waals surface area contributed by atoms with Gasteiger partial charge in [-0.2, -0.15) is 0 Å². The molecule has 336 valence electrons. The zero-order valence-corrected chi connectivity index (χ0v) is 39.5. The van der Waals surface area contributed by atoms with E-state index in [1.807, 2.05) is 84.0 Å². The van der Waals surface area contributed by atoms with Crippen LogP contribution in [0.3, 0.4) is 0 Å². The van der Waals surface area contributed by atoms with E-state index < -0.39 is 23.7 Å². The number of nitrogens with zero attached hydrogens (tertiary/aromatic N) is 2. The summed E-state index contributed by atoms with van der Waals surface area (Å²) < 4.78 is 33.7. The Labute approximate surface area is 373 Å². The zero-order valence-electron chi connectivity index (χ0n) is 37.3. The number of ether oxygens (including phenoxy) is 6. The fourth-order valence-corrected chi connectivity index (χ4v) is 6.80. The van der Waals surface area contributed by atoms with Crippen LogP contribution in [-0.2, 0) is 54.0 Å². The molecule has 0 saturated carbocycles. The molecule has 0 amide bonds. The summed E-state index contributed by atoms with van der Waals surface area (Å²) in [5.41, 5.74) is 2.04. The van der Waals surface area contributed by atoms with Gasteiger partial charge in [0.1, 0.15) is 11.2 Å². The third-order valence-electron chi connectivity index (χ3n) is 8.93. The molecule has 2 heterocycles. The summed E-state index contributed by atoms with van der Waals surface area (Å²) in [5.74, 6) is -1.49. The molecule has 0 spiro atoms. The van der Waals surface area contributed by atoms with E-state index in [1.54, 1.807) is 18.5 Å². The first kappa shape index (κ1) is 52.2. The smallest absolute Gasteiger partial charge is 0.418 e. The summed E-state index contributed by atoms with van der Waals surface area (Å²) in [6, 6.07) is 14.7. The number of fused-ring (bicyclic) bond motifs is 2. The summed E-state index contributed by atoms with van der Waals surface area (Å²) in [6.45, 7) is 11.2. The van der Waals surface area contributed by atoms with Gasteiger partial charge in [0, 0.05) is 36.0 Å². The van der Waals surface area contributed by atoms with Gasteiger partial charge < -0.3 is 28.4 Å². The molecule has 15 heteroatoms. The number of unbranched alkanes of at least 4 members (excludes halogenated alkanes) is 4. The maximum absolute atomic E-state index is 12.5. The van der Waals surface area contributed by atoms with Crippen molar-refractivity contribution in [2.45, 2.75) is 123 Å². The molecular formula is C46H63IN2O12. The Morgan fingerprint density at radius 2 is 1.05 bits per heavy atom. The van der Waals surface area contributed by atoms with E-state index in [9.17, 15) is 28.8 Å². The van der Waals surface area contributed by atoms with Crippen molar-refractivity contribution in [3.05, 3.63) is 72.1 Å². The van der Waals surface area contributed by atoms with Gasteiger partial charge in [-0.3, -0.25) is 28.3 Å². The Hall–Kier alpha value is -4.93. The fourth-order valence-electron chi connectivity index (χ4n) is 6.26. The molecular weight excluding hydrogens is 899 g/mol. The van der Waals surface area contributed by atoms with E-state index in [2.05, 4.69) is 27.3 Å². The van der Waals surface area contributed by atoms with Gasteiger partial charge in [-0.05, 0) is 94.9 Å². The Bertz CT molecular complexity index is 2050. The van der Waals surface area contributed by atoms with Crippen LogP contribution >= 0.6 is 22.6 Å². The highest BCUT2D eigenvalue weighted by atomic mass is 127. The number of hydrogen-bond donors (Lipinski definition) is 0. The van der Waals surface area contributed by atoms with Gasteiger partial charge in [-0.25, -0.2) is 9.59 Å². The lowest BCUT2D eigenvalue weighted by atomic mass is 9.92. The Kier molecular flexibility index (Phi) is 22.0. The monoisotopic (exact) mass is 962 g/mol. The normalized spacial score (nSPS) is 11.6. The number of carbonyl (C=O) groups is 6. The second-order valence-electron chi connectivity index (χ2n) is 16.1. The topological polar surface area (TPSA) is 168 Å². The van der Waals surface area contributed by atoms with E-state index in [4.69, 9.17) is 23.7 Å². The zero-order chi connectivity index (χ0) is 45.8. The summed E-state index contributed by atoms with van der Waals surface area (Å²) >= 11 is 2.35. The van der Waals surface area contributed by atoms with Crippen molar-refractivity contribution in [1.29, 1.82) is 0 Å². The second kappa shape index (κ2) is 25.8.